The number of anilines is 2. The zero-order valence-electron chi connectivity index (χ0n) is 11.6. The molecule has 5 heteroatoms. The van der Waals surface area contributed by atoms with Crippen LogP contribution in [0.15, 0.2) is 28.9 Å². The summed E-state index contributed by atoms with van der Waals surface area (Å²) in [7, 11) is 0. The smallest absolute Gasteiger partial charge is 0.257 e. The fraction of sp³-hybridized carbons (Fsp3) is 0.200. The summed E-state index contributed by atoms with van der Waals surface area (Å²) < 4.78 is 0.859. The Morgan fingerprint density at radius 2 is 1.95 bits per heavy atom. The molecule has 0 saturated heterocycles. The van der Waals surface area contributed by atoms with Gasteiger partial charge in [-0.25, -0.2) is 0 Å². The van der Waals surface area contributed by atoms with E-state index in [1.165, 1.54) is 0 Å². The molecule has 0 atom stereocenters. The van der Waals surface area contributed by atoms with E-state index in [2.05, 4.69) is 26.2 Å². The van der Waals surface area contributed by atoms with Gasteiger partial charge >= 0.3 is 0 Å². The van der Waals surface area contributed by atoms with Gasteiger partial charge < -0.3 is 11.1 Å². The van der Waals surface area contributed by atoms with Crippen molar-refractivity contribution in [2.75, 3.05) is 11.1 Å². The van der Waals surface area contributed by atoms with Crippen LogP contribution in [0.2, 0.25) is 0 Å². The van der Waals surface area contributed by atoms with Crippen LogP contribution >= 0.6 is 15.9 Å². The fourth-order valence-electron chi connectivity index (χ4n) is 2.03. The van der Waals surface area contributed by atoms with Crippen molar-refractivity contribution in [1.29, 1.82) is 0 Å². The van der Waals surface area contributed by atoms with Crippen molar-refractivity contribution in [2.24, 2.45) is 0 Å². The molecule has 0 aliphatic rings. The highest BCUT2D eigenvalue weighted by molar-refractivity contribution is 9.10. The SMILES string of the molecule is Cc1cc(C)c(NC(=O)c2cc(N)cnc2C)c(Br)c1. The third-order valence-electron chi connectivity index (χ3n) is 3.02. The number of benzene rings is 1. The van der Waals surface area contributed by atoms with E-state index in [1.807, 2.05) is 26.0 Å². The largest absolute Gasteiger partial charge is 0.397 e. The van der Waals surface area contributed by atoms with Crippen molar-refractivity contribution < 1.29 is 4.79 Å². The first-order chi connectivity index (χ1) is 9.38. The summed E-state index contributed by atoms with van der Waals surface area (Å²) in [5.74, 6) is -0.213. The highest BCUT2D eigenvalue weighted by Gasteiger charge is 2.14. The van der Waals surface area contributed by atoms with E-state index >= 15 is 0 Å². The van der Waals surface area contributed by atoms with Crippen molar-refractivity contribution in [3.05, 3.63) is 51.3 Å². The van der Waals surface area contributed by atoms with E-state index in [1.54, 1.807) is 19.2 Å². The number of carbonyl (C=O) groups is 1. The lowest BCUT2D eigenvalue weighted by molar-refractivity contribution is 0.102. The van der Waals surface area contributed by atoms with Gasteiger partial charge in [0.25, 0.3) is 5.91 Å². The number of pyridine rings is 1. The van der Waals surface area contributed by atoms with Crippen LogP contribution in [0.25, 0.3) is 0 Å². The van der Waals surface area contributed by atoms with Crippen molar-refractivity contribution in [3.8, 4) is 0 Å². The maximum atomic E-state index is 12.3. The Labute approximate surface area is 126 Å². The fourth-order valence-corrected chi connectivity index (χ4v) is 2.81. The van der Waals surface area contributed by atoms with Crippen molar-refractivity contribution in [2.45, 2.75) is 20.8 Å². The minimum atomic E-state index is -0.213. The van der Waals surface area contributed by atoms with Gasteiger partial charge in [-0.05, 0) is 60.0 Å². The average molecular weight is 334 g/mol. The van der Waals surface area contributed by atoms with Gasteiger partial charge in [0.1, 0.15) is 0 Å². The van der Waals surface area contributed by atoms with E-state index in [0.29, 0.717) is 16.9 Å². The predicted octanol–water partition coefficient (Wildman–Crippen LogP) is 3.60. The lowest BCUT2D eigenvalue weighted by Crippen LogP contribution is -2.15. The molecule has 20 heavy (non-hydrogen) atoms. The number of nitrogens with one attached hydrogen (secondary N) is 1. The molecule has 1 heterocycles. The maximum absolute atomic E-state index is 12.3. The van der Waals surface area contributed by atoms with E-state index in [-0.39, 0.29) is 5.91 Å². The molecule has 0 aliphatic heterocycles. The van der Waals surface area contributed by atoms with Crippen LogP contribution in [0.1, 0.15) is 27.2 Å². The Bertz CT molecular complexity index is 660. The van der Waals surface area contributed by atoms with Crippen molar-refractivity contribution >= 4 is 33.2 Å². The van der Waals surface area contributed by atoms with Gasteiger partial charge in [0.05, 0.1) is 28.8 Å². The number of amides is 1. The summed E-state index contributed by atoms with van der Waals surface area (Å²) in [6.07, 6.45) is 1.54. The minimum Gasteiger partial charge on any atom is -0.397 e. The van der Waals surface area contributed by atoms with Crippen molar-refractivity contribution in [3.63, 3.8) is 0 Å². The van der Waals surface area contributed by atoms with Gasteiger partial charge in [-0.1, -0.05) is 6.07 Å². The molecular weight excluding hydrogens is 318 g/mol. The molecule has 0 unspecified atom stereocenters. The molecule has 0 spiro atoms. The van der Waals surface area contributed by atoms with Crippen molar-refractivity contribution in [1.82, 2.24) is 4.98 Å². The molecule has 0 bridgehead atoms. The summed E-state index contributed by atoms with van der Waals surface area (Å²) in [6.45, 7) is 5.75. The third kappa shape index (κ3) is 2.99. The first-order valence-electron chi connectivity index (χ1n) is 6.18. The first-order valence-corrected chi connectivity index (χ1v) is 6.98. The predicted molar refractivity (Wildman–Crippen MR) is 85.0 cm³/mol. The van der Waals surface area contributed by atoms with E-state index in [0.717, 1.165) is 21.3 Å². The number of rotatable bonds is 2. The van der Waals surface area contributed by atoms with Crippen LogP contribution in [-0.2, 0) is 0 Å². The first kappa shape index (κ1) is 14.5. The highest BCUT2D eigenvalue weighted by atomic mass is 79.9. The molecular formula is C15H16BrN3O. The second-order valence-corrected chi connectivity index (χ2v) is 5.65. The van der Waals surface area contributed by atoms with E-state index in [9.17, 15) is 4.79 Å². The minimum absolute atomic E-state index is 0.213. The quantitative estimate of drug-likeness (QED) is 0.882. The number of hydrogen-bond acceptors (Lipinski definition) is 3. The van der Waals surface area contributed by atoms with E-state index in [4.69, 9.17) is 5.73 Å². The monoisotopic (exact) mass is 333 g/mol. The van der Waals surface area contributed by atoms with Crippen LogP contribution in [0.4, 0.5) is 11.4 Å². The molecule has 0 saturated carbocycles. The van der Waals surface area contributed by atoms with Gasteiger partial charge in [-0.2, -0.15) is 0 Å². The molecule has 1 aromatic carbocycles. The summed E-state index contributed by atoms with van der Waals surface area (Å²) >= 11 is 3.48. The molecule has 3 N–H and O–H groups in total. The number of aromatic nitrogens is 1. The number of nitrogen functional groups attached to an aromatic ring is 1. The zero-order chi connectivity index (χ0) is 14.9. The average Bonchev–Trinajstić information content (AvgIpc) is 2.36. The van der Waals surface area contributed by atoms with Gasteiger partial charge in [-0.3, -0.25) is 9.78 Å². The molecule has 2 aromatic rings. The molecule has 0 fully saturated rings. The zero-order valence-corrected chi connectivity index (χ0v) is 13.2. The van der Waals surface area contributed by atoms with Crippen LogP contribution < -0.4 is 11.1 Å². The van der Waals surface area contributed by atoms with Gasteiger partial charge in [0.15, 0.2) is 0 Å². The highest BCUT2D eigenvalue weighted by Crippen LogP contribution is 2.28. The molecule has 1 aromatic heterocycles. The Hall–Kier alpha value is -1.88. The van der Waals surface area contributed by atoms with Crippen LogP contribution in [-0.4, -0.2) is 10.9 Å². The van der Waals surface area contributed by atoms with E-state index < -0.39 is 0 Å². The topological polar surface area (TPSA) is 68.0 Å². The lowest BCUT2D eigenvalue weighted by Gasteiger charge is -2.13. The molecule has 1 amide bonds. The second kappa shape index (κ2) is 5.63. The second-order valence-electron chi connectivity index (χ2n) is 4.79. The molecule has 0 radical (unpaired) electrons. The molecule has 4 nitrogen and oxygen atoms in total. The van der Waals surface area contributed by atoms with Gasteiger partial charge in [0, 0.05) is 4.47 Å². The number of halogens is 1. The maximum Gasteiger partial charge on any atom is 0.257 e. The van der Waals surface area contributed by atoms with Gasteiger partial charge in [0.2, 0.25) is 0 Å². The number of aryl methyl sites for hydroxylation is 3. The summed E-state index contributed by atoms with van der Waals surface area (Å²) in [4.78, 5) is 16.5. The van der Waals surface area contributed by atoms with Crippen LogP contribution in [0, 0.1) is 20.8 Å². The third-order valence-corrected chi connectivity index (χ3v) is 3.65. The summed E-state index contributed by atoms with van der Waals surface area (Å²) in [5.41, 5.74) is 10.2. The van der Waals surface area contributed by atoms with Crippen LogP contribution in [0.3, 0.4) is 0 Å². The lowest BCUT2D eigenvalue weighted by atomic mass is 10.1. The number of nitrogens with two attached hydrogens (primary N) is 1. The summed E-state index contributed by atoms with van der Waals surface area (Å²) in [5, 5.41) is 2.91. The Morgan fingerprint density at radius 1 is 1.25 bits per heavy atom. The number of nitrogens with zero attached hydrogens (tertiary/aromatic N) is 1. The van der Waals surface area contributed by atoms with Crippen LogP contribution in [0.5, 0.6) is 0 Å². The summed E-state index contributed by atoms with van der Waals surface area (Å²) in [6, 6.07) is 5.62. The number of carbonyl (C=O) groups excluding carboxylic acids is 1. The Morgan fingerprint density at radius 3 is 2.60 bits per heavy atom. The number of hydrogen-bond donors (Lipinski definition) is 2. The normalized spacial score (nSPS) is 10.4. The standard InChI is InChI=1S/C15H16BrN3O/c1-8-4-9(2)14(13(16)5-8)19-15(20)12-6-11(17)7-18-10(12)3/h4-7H,17H2,1-3H3,(H,19,20). The molecule has 104 valence electrons. The molecule has 0 aliphatic carbocycles. The Kier molecular flexibility index (Phi) is 4.09. The Balaban J connectivity index is 2.35. The molecule has 2 rings (SSSR count). The van der Waals surface area contributed by atoms with Gasteiger partial charge in [-0.15, -0.1) is 0 Å².